The molecule has 0 bridgehead atoms. The van der Waals surface area contributed by atoms with E-state index in [4.69, 9.17) is 0 Å². The first-order valence-corrected chi connectivity index (χ1v) is 19.7. The van der Waals surface area contributed by atoms with Crippen LogP contribution in [-0.4, -0.2) is 11.8 Å². The molecular formula is C24H26Cl2NOSiZr. The van der Waals surface area contributed by atoms with Crippen LogP contribution in [0.15, 0.2) is 66.7 Å². The van der Waals surface area contributed by atoms with Crippen molar-refractivity contribution in [3.05, 3.63) is 94.5 Å². The SMILES string of the molecule is Cc1cccc(C)c1C(=O)[NH][Zr+2]([CH]1c2ccccc2-c2ccccc21)[SiH](C)C.[Cl-].[Cl-]. The standard InChI is InChI=1S/C13H9.C9H11NO.C2H7Si.2ClH.Zr/c1-3-7-12-10(5-1)9-11-6-2-4-8-13(11)12;1-6-4-3-5-7(2)8(6)9(10)11;1-3-2;;;/h1-9H;3-5H,1-2H3,(H2,10,11);3H,1-2H3;2*1H;/q;;;;;+3/p-3. The second-order valence-electron chi connectivity index (χ2n) is 7.94. The van der Waals surface area contributed by atoms with E-state index in [-0.39, 0.29) is 30.7 Å². The predicted molar refractivity (Wildman–Crippen MR) is 116 cm³/mol. The Bertz CT molecular complexity index is 991. The van der Waals surface area contributed by atoms with Gasteiger partial charge >= 0.3 is 177 Å². The van der Waals surface area contributed by atoms with Crippen LogP contribution in [0.25, 0.3) is 11.1 Å². The van der Waals surface area contributed by atoms with Gasteiger partial charge in [0.2, 0.25) is 0 Å². The van der Waals surface area contributed by atoms with Gasteiger partial charge in [-0.05, 0) is 0 Å². The molecule has 155 valence electrons. The number of rotatable bonds is 4. The maximum absolute atomic E-state index is 13.3. The summed E-state index contributed by atoms with van der Waals surface area (Å²) in [5.41, 5.74) is 8.59. The molecule has 2 nitrogen and oxygen atoms in total. The minimum Gasteiger partial charge on any atom is -1.00 e. The van der Waals surface area contributed by atoms with Crippen molar-refractivity contribution in [2.24, 2.45) is 0 Å². The molecule has 0 atom stereocenters. The average molecular weight is 535 g/mol. The molecule has 0 unspecified atom stereocenters. The van der Waals surface area contributed by atoms with Gasteiger partial charge in [-0.25, -0.2) is 0 Å². The van der Waals surface area contributed by atoms with Crippen molar-refractivity contribution in [1.29, 1.82) is 0 Å². The van der Waals surface area contributed by atoms with Crippen LogP contribution in [0, 0.1) is 13.8 Å². The molecule has 0 spiro atoms. The Labute approximate surface area is 201 Å². The molecule has 0 fully saturated rings. The van der Waals surface area contributed by atoms with Gasteiger partial charge in [0.05, 0.1) is 0 Å². The predicted octanol–water partition coefficient (Wildman–Crippen LogP) is -0.672. The molecule has 0 saturated heterocycles. The van der Waals surface area contributed by atoms with E-state index >= 15 is 0 Å². The fourth-order valence-electron chi connectivity index (χ4n) is 4.41. The minimum absolute atomic E-state index is 0. The molecule has 3 aromatic rings. The molecule has 0 aromatic heterocycles. The van der Waals surface area contributed by atoms with Crippen LogP contribution in [-0.2, 0) is 21.2 Å². The van der Waals surface area contributed by atoms with E-state index in [1.807, 2.05) is 32.0 Å². The van der Waals surface area contributed by atoms with Crippen LogP contribution in [0.4, 0.5) is 0 Å². The number of carbonyl (C=O) groups is 1. The van der Waals surface area contributed by atoms with Gasteiger partial charge in [-0.3, -0.25) is 0 Å². The fourth-order valence-corrected chi connectivity index (χ4v) is 19.5. The molecular weight excluding hydrogens is 508 g/mol. The van der Waals surface area contributed by atoms with Gasteiger partial charge in [-0.1, -0.05) is 0 Å². The molecule has 1 N–H and O–H groups in total. The first-order chi connectivity index (χ1) is 13.5. The molecule has 0 saturated carbocycles. The van der Waals surface area contributed by atoms with Gasteiger partial charge in [0.15, 0.2) is 0 Å². The van der Waals surface area contributed by atoms with Gasteiger partial charge in [0.25, 0.3) is 0 Å². The van der Waals surface area contributed by atoms with Gasteiger partial charge in [-0.15, -0.1) is 0 Å². The molecule has 0 heterocycles. The summed E-state index contributed by atoms with van der Waals surface area (Å²) >= 11 is -2.28. The largest absolute Gasteiger partial charge is 1.00 e. The number of halogens is 2. The van der Waals surface area contributed by atoms with Crippen molar-refractivity contribution in [1.82, 2.24) is 3.26 Å². The number of carbonyl (C=O) groups excluding carboxylic acids is 1. The number of nitrogens with one attached hydrogen (secondary N) is 1. The fraction of sp³-hybridized carbons (Fsp3) is 0.208. The van der Waals surface area contributed by atoms with E-state index in [0.717, 1.165) is 16.7 Å². The van der Waals surface area contributed by atoms with Crippen molar-refractivity contribution in [3.63, 3.8) is 0 Å². The molecule has 6 heteroatoms. The number of amides is 1. The number of hydrogen-bond donors (Lipinski definition) is 1. The van der Waals surface area contributed by atoms with E-state index in [2.05, 4.69) is 64.9 Å². The number of fused-ring (bicyclic) bond motifs is 3. The van der Waals surface area contributed by atoms with E-state index < -0.39 is 27.1 Å². The molecule has 1 amide bonds. The van der Waals surface area contributed by atoms with Gasteiger partial charge in [-0.2, -0.15) is 0 Å². The quantitative estimate of drug-likeness (QED) is 0.442. The second kappa shape index (κ2) is 10.4. The smallest absolute Gasteiger partial charge is 1.00 e. The Kier molecular flexibility index (Phi) is 8.70. The van der Waals surface area contributed by atoms with Gasteiger partial charge in [0.1, 0.15) is 0 Å². The van der Waals surface area contributed by atoms with Crippen molar-refractivity contribution in [2.75, 3.05) is 0 Å². The molecule has 3 aromatic carbocycles. The summed E-state index contributed by atoms with van der Waals surface area (Å²) in [7, 11) is 0. The number of hydrogen-bond acceptors (Lipinski definition) is 1. The Morgan fingerprint density at radius 1 is 0.800 bits per heavy atom. The minimum atomic E-state index is -2.28. The summed E-state index contributed by atoms with van der Waals surface area (Å²) < 4.78 is 4.08. The molecule has 4 rings (SSSR count). The zero-order chi connectivity index (χ0) is 19.8. The maximum Gasteiger partial charge on any atom is -1.00 e. The summed E-state index contributed by atoms with van der Waals surface area (Å²) in [4.78, 5) is 13.3. The first kappa shape index (κ1) is 25.1. The summed E-state index contributed by atoms with van der Waals surface area (Å²) in [5.74, 6) is -0.856. The second-order valence-corrected chi connectivity index (χ2v) is 26.7. The first-order valence-electron chi connectivity index (χ1n) is 9.91. The molecule has 1 aliphatic carbocycles. The average Bonchev–Trinajstić information content (AvgIpc) is 3.00. The van der Waals surface area contributed by atoms with Crippen LogP contribution in [0.1, 0.15) is 36.2 Å². The molecule has 0 aliphatic heterocycles. The van der Waals surface area contributed by atoms with E-state index in [1.54, 1.807) is 0 Å². The summed E-state index contributed by atoms with van der Waals surface area (Å²) in [5, 5.41) is 0. The number of aryl methyl sites for hydroxylation is 2. The van der Waals surface area contributed by atoms with E-state index in [0.29, 0.717) is 3.63 Å². The van der Waals surface area contributed by atoms with E-state index in [1.165, 1.54) is 22.3 Å². The van der Waals surface area contributed by atoms with Gasteiger partial charge < -0.3 is 24.8 Å². The third kappa shape index (κ3) is 4.53. The Hall–Kier alpha value is -1.19. The topological polar surface area (TPSA) is 29.1 Å². The van der Waals surface area contributed by atoms with Crippen molar-refractivity contribution in [3.8, 4) is 11.1 Å². The molecule has 30 heavy (non-hydrogen) atoms. The zero-order valence-electron chi connectivity index (χ0n) is 17.7. The summed E-state index contributed by atoms with van der Waals surface area (Å²) in [6.45, 7) is 8.92. The van der Waals surface area contributed by atoms with Crippen LogP contribution in [0.5, 0.6) is 0 Å². The van der Waals surface area contributed by atoms with Crippen LogP contribution in [0.2, 0.25) is 13.1 Å². The molecule has 1 aliphatic rings. The summed E-state index contributed by atoms with van der Waals surface area (Å²) in [6, 6.07) is 23.7. The monoisotopic (exact) mass is 532 g/mol. The third-order valence-electron chi connectivity index (χ3n) is 5.73. The Morgan fingerprint density at radius 2 is 1.27 bits per heavy atom. The Balaban J connectivity index is 0.00000160. The van der Waals surface area contributed by atoms with Crippen LogP contribution in [0.3, 0.4) is 0 Å². The summed E-state index contributed by atoms with van der Waals surface area (Å²) in [6.07, 6.45) is 0. The van der Waals surface area contributed by atoms with Crippen molar-refractivity contribution in [2.45, 2.75) is 30.6 Å². The van der Waals surface area contributed by atoms with Crippen LogP contribution >= 0.6 is 0 Å². The molecule has 0 radical (unpaired) electrons. The number of benzene rings is 3. The normalized spacial score (nSPS) is 11.8. The third-order valence-corrected chi connectivity index (χ3v) is 23.3. The van der Waals surface area contributed by atoms with Crippen LogP contribution < -0.4 is 28.1 Å². The zero-order valence-corrected chi connectivity index (χ0v) is 22.8. The van der Waals surface area contributed by atoms with Crippen molar-refractivity contribution >= 4 is 11.8 Å². The van der Waals surface area contributed by atoms with Gasteiger partial charge in [0, 0.05) is 0 Å². The van der Waals surface area contributed by atoms with E-state index in [9.17, 15) is 4.79 Å². The van der Waals surface area contributed by atoms with Crippen molar-refractivity contribution < 1.29 is 50.8 Å². The maximum atomic E-state index is 13.3. The Morgan fingerprint density at radius 3 is 1.73 bits per heavy atom.